The van der Waals surface area contributed by atoms with Crippen LogP contribution in [0, 0.1) is 0 Å². The number of aliphatic hydroxyl groups is 4. The Bertz CT molecular complexity index is 199. The van der Waals surface area contributed by atoms with E-state index in [4.69, 9.17) is 9.84 Å². The van der Waals surface area contributed by atoms with Crippen LogP contribution < -0.4 is 0 Å². The number of thioether (sulfide) groups is 1. The molecular weight excluding hydrogens is 220 g/mol. The normalized spacial score (nSPS) is 42.2. The van der Waals surface area contributed by atoms with Crippen molar-refractivity contribution in [2.75, 3.05) is 6.61 Å². The predicted molar refractivity (Wildman–Crippen MR) is 56.5 cm³/mol. The Morgan fingerprint density at radius 3 is 2.20 bits per heavy atom. The number of aliphatic hydroxyl groups excluding tert-OH is 4. The highest BCUT2D eigenvalue weighted by molar-refractivity contribution is 8.00. The lowest BCUT2D eigenvalue weighted by Crippen LogP contribution is -2.57. The summed E-state index contributed by atoms with van der Waals surface area (Å²) in [5, 5.41) is 37.8. The highest BCUT2D eigenvalue weighted by Gasteiger charge is 2.43. The second kappa shape index (κ2) is 5.47. The molecule has 0 aromatic rings. The van der Waals surface area contributed by atoms with Gasteiger partial charge in [0, 0.05) is 5.25 Å². The largest absolute Gasteiger partial charge is 0.394 e. The second-order valence-electron chi connectivity index (χ2n) is 3.88. The molecule has 0 aliphatic carbocycles. The van der Waals surface area contributed by atoms with Gasteiger partial charge in [0.2, 0.25) is 0 Å². The van der Waals surface area contributed by atoms with Crippen molar-refractivity contribution >= 4 is 11.8 Å². The highest BCUT2D eigenvalue weighted by atomic mass is 32.2. The van der Waals surface area contributed by atoms with E-state index in [2.05, 4.69) is 0 Å². The van der Waals surface area contributed by atoms with Crippen LogP contribution in [0.1, 0.15) is 13.8 Å². The summed E-state index contributed by atoms with van der Waals surface area (Å²) in [5.74, 6) is 0. The molecule has 0 bridgehead atoms. The lowest BCUT2D eigenvalue weighted by atomic mass is 10.0. The van der Waals surface area contributed by atoms with Crippen LogP contribution in [0.3, 0.4) is 0 Å². The molecule has 4 N–H and O–H groups in total. The minimum Gasteiger partial charge on any atom is -0.394 e. The van der Waals surface area contributed by atoms with Crippen molar-refractivity contribution in [2.45, 2.75) is 48.9 Å². The maximum atomic E-state index is 9.63. The first-order valence-electron chi connectivity index (χ1n) is 4.93. The Labute approximate surface area is 93.1 Å². The van der Waals surface area contributed by atoms with Crippen LogP contribution in [0.15, 0.2) is 0 Å². The van der Waals surface area contributed by atoms with Crippen LogP contribution in [0.2, 0.25) is 0 Å². The Morgan fingerprint density at radius 1 is 1.13 bits per heavy atom. The SMILES string of the molecule is CC(C)S[C@H]1O[C@@H](CO)[C@@H](O)[C@@H](O)[C@@H]1O. The van der Waals surface area contributed by atoms with Gasteiger partial charge in [0.05, 0.1) is 6.61 Å². The predicted octanol–water partition coefficient (Wildman–Crippen LogP) is -1.07. The molecule has 5 nitrogen and oxygen atoms in total. The fourth-order valence-electron chi connectivity index (χ4n) is 1.45. The summed E-state index contributed by atoms with van der Waals surface area (Å²) in [6.07, 6.45) is -4.48. The zero-order chi connectivity index (χ0) is 11.6. The van der Waals surface area contributed by atoms with Gasteiger partial charge in [-0.1, -0.05) is 13.8 Å². The summed E-state index contributed by atoms with van der Waals surface area (Å²) < 4.78 is 5.29. The molecule has 0 unspecified atom stereocenters. The molecule has 15 heavy (non-hydrogen) atoms. The number of hydrogen-bond acceptors (Lipinski definition) is 6. The molecule has 0 radical (unpaired) electrons. The minimum absolute atomic E-state index is 0.228. The lowest BCUT2D eigenvalue weighted by Gasteiger charge is -2.40. The average Bonchev–Trinajstić information content (AvgIpc) is 2.18. The van der Waals surface area contributed by atoms with Crippen molar-refractivity contribution in [3.63, 3.8) is 0 Å². The van der Waals surface area contributed by atoms with Gasteiger partial charge in [-0.25, -0.2) is 0 Å². The molecule has 1 rings (SSSR count). The van der Waals surface area contributed by atoms with Gasteiger partial charge >= 0.3 is 0 Å². The minimum atomic E-state index is -1.27. The van der Waals surface area contributed by atoms with E-state index in [0.717, 1.165) is 0 Å². The van der Waals surface area contributed by atoms with Crippen molar-refractivity contribution in [1.29, 1.82) is 0 Å². The number of rotatable bonds is 3. The van der Waals surface area contributed by atoms with E-state index < -0.39 is 29.9 Å². The molecule has 0 spiro atoms. The summed E-state index contributed by atoms with van der Waals surface area (Å²) in [6, 6.07) is 0. The number of ether oxygens (including phenoxy) is 1. The quantitative estimate of drug-likeness (QED) is 0.500. The Balaban J connectivity index is 2.65. The Kier molecular flexibility index (Phi) is 4.82. The topological polar surface area (TPSA) is 90.2 Å². The van der Waals surface area contributed by atoms with Crippen LogP contribution >= 0.6 is 11.8 Å². The molecule has 0 saturated carbocycles. The van der Waals surface area contributed by atoms with Crippen molar-refractivity contribution in [3.8, 4) is 0 Å². The molecule has 1 fully saturated rings. The van der Waals surface area contributed by atoms with Gasteiger partial charge in [0.1, 0.15) is 29.9 Å². The zero-order valence-corrected chi connectivity index (χ0v) is 9.59. The molecule has 0 aromatic carbocycles. The van der Waals surface area contributed by atoms with E-state index >= 15 is 0 Å². The maximum Gasteiger partial charge on any atom is 0.132 e. The molecule has 1 aliphatic heterocycles. The van der Waals surface area contributed by atoms with Crippen LogP contribution in [0.4, 0.5) is 0 Å². The van der Waals surface area contributed by atoms with E-state index in [9.17, 15) is 15.3 Å². The molecule has 5 atom stereocenters. The first kappa shape index (κ1) is 13.2. The molecule has 1 aliphatic rings. The molecule has 90 valence electrons. The third-order valence-corrected chi connectivity index (χ3v) is 3.46. The van der Waals surface area contributed by atoms with Gasteiger partial charge in [-0.15, -0.1) is 11.8 Å². The van der Waals surface area contributed by atoms with E-state index in [1.165, 1.54) is 11.8 Å². The zero-order valence-electron chi connectivity index (χ0n) is 8.78. The summed E-state index contributed by atoms with van der Waals surface area (Å²) in [6.45, 7) is 3.50. The summed E-state index contributed by atoms with van der Waals surface area (Å²) in [5.41, 5.74) is -0.611. The Morgan fingerprint density at radius 2 is 1.73 bits per heavy atom. The highest BCUT2D eigenvalue weighted by Crippen LogP contribution is 2.30. The molecule has 0 aromatic heterocycles. The fraction of sp³-hybridized carbons (Fsp3) is 1.00. The monoisotopic (exact) mass is 238 g/mol. The van der Waals surface area contributed by atoms with Crippen LogP contribution in [-0.4, -0.2) is 62.1 Å². The van der Waals surface area contributed by atoms with Gasteiger partial charge in [0.25, 0.3) is 0 Å². The summed E-state index contributed by atoms with van der Waals surface area (Å²) >= 11 is 1.35. The van der Waals surface area contributed by atoms with Crippen molar-refractivity contribution in [2.24, 2.45) is 0 Å². The smallest absolute Gasteiger partial charge is 0.132 e. The van der Waals surface area contributed by atoms with Gasteiger partial charge in [0.15, 0.2) is 0 Å². The van der Waals surface area contributed by atoms with E-state index in [0.29, 0.717) is 0 Å². The van der Waals surface area contributed by atoms with Crippen molar-refractivity contribution in [3.05, 3.63) is 0 Å². The lowest BCUT2D eigenvalue weighted by molar-refractivity contribution is -0.205. The van der Waals surface area contributed by atoms with Gasteiger partial charge in [-0.3, -0.25) is 0 Å². The van der Waals surface area contributed by atoms with Crippen LogP contribution in [0.25, 0.3) is 0 Å². The van der Waals surface area contributed by atoms with Gasteiger partial charge < -0.3 is 25.2 Å². The van der Waals surface area contributed by atoms with Crippen molar-refractivity contribution in [1.82, 2.24) is 0 Å². The summed E-state index contributed by atoms with van der Waals surface area (Å²) in [7, 11) is 0. The standard InChI is InChI=1S/C9H18O5S/c1-4(2)15-9-8(13)7(12)6(11)5(3-10)14-9/h4-13H,3H2,1-2H3/t5-,6+,7+,8-,9+/m0/s1. The van der Waals surface area contributed by atoms with Crippen LogP contribution in [-0.2, 0) is 4.74 Å². The maximum absolute atomic E-state index is 9.63. The molecule has 0 amide bonds. The molecule has 1 saturated heterocycles. The van der Waals surface area contributed by atoms with E-state index in [-0.39, 0.29) is 11.9 Å². The van der Waals surface area contributed by atoms with E-state index in [1.807, 2.05) is 13.8 Å². The van der Waals surface area contributed by atoms with E-state index in [1.54, 1.807) is 0 Å². The van der Waals surface area contributed by atoms with Gasteiger partial charge in [-0.05, 0) is 0 Å². The number of hydrogen-bond donors (Lipinski definition) is 4. The molecule has 6 heteroatoms. The average molecular weight is 238 g/mol. The van der Waals surface area contributed by atoms with Gasteiger partial charge in [-0.2, -0.15) is 0 Å². The Hall–Kier alpha value is 0.150. The third-order valence-electron chi connectivity index (χ3n) is 2.25. The fourth-order valence-corrected chi connectivity index (χ4v) is 2.51. The first-order valence-corrected chi connectivity index (χ1v) is 5.87. The second-order valence-corrected chi connectivity index (χ2v) is 5.56. The van der Waals surface area contributed by atoms with Crippen molar-refractivity contribution < 1.29 is 25.2 Å². The third kappa shape index (κ3) is 3.05. The molecule has 1 heterocycles. The van der Waals surface area contributed by atoms with Crippen LogP contribution in [0.5, 0.6) is 0 Å². The first-order chi connectivity index (χ1) is 6.97. The summed E-state index contributed by atoms with van der Waals surface area (Å²) in [4.78, 5) is 0. The molecular formula is C9H18O5S.